The number of aromatic nitrogens is 3. The van der Waals surface area contributed by atoms with E-state index in [0.717, 1.165) is 5.56 Å². The maximum absolute atomic E-state index is 12.4. The van der Waals surface area contributed by atoms with E-state index in [9.17, 15) is 8.42 Å². The molecule has 9 heteroatoms. The third-order valence-electron chi connectivity index (χ3n) is 2.71. The molecule has 0 aliphatic heterocycles. The Morgan fingerprint density at radius 1 is 1.38 bits per heavy atom. The molecule has 0 spiro atoms. The zero-order valence-electron chi connectivity index (χ0n) is 11.6. The fourth-order valence-corrected chi connectivity index (χ4v) is 3.96. The first kappa shape index (κ1) is 15.9. The molecule has 114 valence electrons. The Labute approximate surface area is 131 Å². The number of para-hydroxylation sites is 1. The number of benzene rings is 1. The van der Waals surface area contributed by atoms with Crippen LogP contribution in [0.1, 0.15) is 12.5 Å². The number of halogens is 1. The molecule has 0 aliphatic rings. The molecule has 0 saturated carbocycles. The Bertz CT molecular complexity index is 710. The summed E-state index contributed by atoms with van der Waals surface area (Å²) in [5.41, 5.74) is 1.23. The number of ether oxygens (including phenoxy) is 1. The van der Waals surface area contributed by atoms with Crippen LogP contribution < -0.4 is 4.72 Å². The van der Waals surface area contributed by atoms with Crippen LogP contribution in [0, 0.1) is 0 Å². The predicted octanol–water partition coefficient (Wildman–Crippen LogP) is 1.91. The van der Waals surface area contributed by atoms with Crippen LogP contribution in [0.2, 0.25) is 0 Å². The quantitative estimate of drug-likeness (QED) is 0.834. The lowest BCUT2D eigenvalue weighted by Crippen LogP contribution is -2.18. The van der Waals surface area contributed by atoms with Crippen molar-refractivity contribution in [3.63, 3.8) is 0 Å². The van der Waals surface area contributed by atoms with Crippen molar-refractivity contribution >= 4 is 31.6 Å². The molecule has 0 unspecified atom stereocenters. The summed E-state index contributed by atoms with van der Waals surface area (Å²) in [6, 6.07) is 7.07. The summed E-state index contributed by atoms with van der Waals surface area (Å²) in [7, 11) is -2.28. The topological polar surface area (TPSA) is 86.1 Å². The van der Waals surface area contributed by atoms with Crippen LogP contribution in [0.4, 0.5) is 5.69 Å². The van der Waals surface area contributed by atoms with Crippen LogP contribution in [-0.2, 0) is 28.4 Å². The third kappa shape index (κ3) is 3.60. The van der Waals surface area contributed by atoms with Gasteiger partial charge in [-0.2, -0.15) is 8.42 Å². The maximum atomic E-state index is 12.4. The Balaban J connectivity index is 2.33. The Kier molecular flexibility index (Phi) is 4.96. The molecule has 1 N–H and O–H groups in total. The minimum Gasteiger partial charge on any atom is -0.377 e. The van der Waals surface area contributed by atoms with E-state index >= 15 is 0 Å². The Morgan fingerprint density at radius 2 is 2.10 bits per heavy atom. The standard InChI is InChI=1S/C12H15BrN4O3S/c1-3-20-8-9-6-4-5-7-10(9)15-21(18,19)12-11(13)14-16-17(12)2/h4-7,15H,3,8H2,1-2H3. The van der Waals surface area contributed by atoms with E-state index in [1.165, 1.54) is 11.7 Å². The second-order valence-corrected chi connectivity index (χ2v) is 6.56. The van der Waals surface area contributed by atoms with Crippen LogP contribution in [0.3, 0.4) is 0 Å². The van der Waals surface area contributed by atoms with E-state index in [1.54, 1.807) is 12.1 Å². The van der Waals surface area contributed by atoms with Gasteiger partial charge < -0.3 is 4.74 Å². The average molecular weight is 375 g/mol. The number of hydrogen-bond donors (Lipinski definition) is 1. The summed E-state index contributed by atoms with van der Waals surface area (Å²) in [6.07, 6.45) is 0. The molecule has 0 fully saturated rings. The first-order chi connectivity index (χ1) is 9.95. The molecule has 2 aromatic rings. The highest BCUT2D eigenvalue weighted by molar-refractivity contribution is 9.10. The first-order valence-electron chi connectivity index (χ1n) is 6.19. The van der Waals surface area contributed by atoms with E-state index in [0.29, 0.717) is 18.9 Å². The molecule has 0 saturated heterocycles. The lowest BCUT2D eigenvalue weighted by atomic mass is 10.2. The van der Waals surface area contributed by atoms with Crippen molar-refractivity contribution in [3.05, 3.63) is 34.4 Å². The SMILES string of the molecule is CCOCc1ccccc1NS(=O)(=O)c1c(Br)nnn1C. The average Bonchev–Trinajstić information content (AvgIpc) is 2.77. The second kappa shape index (κ2) is 6.54. The van der Waals surface area contributed by atoms with Gasteiger partial charge in [-0.3, -0.25) is 4.72 Å². The number of rotatable bonds is 6. The van der Waals surface area contributed by atoms with Crippen molar-refractivity contribution in [3.8, 4) is 0 Å². The molecule has 0 radical (unpaired) electrons. The normalized spacial score (nSPS) is 11.6. The van der Waals surface area contributed by atoms with E-state index in [2.05, 4.69) is 31.0 Å². The van der Waals surface area contributed by atoms with Gasteiger partial charge in [0.05, 0.1) is 12.3 Å². The number of sulfonamides is 1. The predicted molar refractivity (Wildman–Crippen MR) is 81.3 cm³/mol. The summed E-state index contributed by atoms with van der Waals surface area (Å²) < 4.78 is 34.1. The number of hydrogen-bond acceptors (Lipinski definition) is 5. The molecule has 0 aliphatic carbocycles. The van der Waals surface area contributed by atoms with Crippen molar-refractivity contribution in [2.45, 2.75) is 18.6 Å². The van der Waals surface area contributed by atoms with Gasteiger partial charge in [0.25, 0.3) is 10.0 Å². The summed E-state index contributed by atoms with van der Waals surface area (Å²) in [4.78, 5) is 0. The zero-order valence-corrected chi connectivity index (χ0v) is 14.0. The van der Waals surface area contributed by atoms with Crippen molar-refractivity contribution in [1.82, 2.24) is 15.0 Å². The summed E-state index contributed by atoms with van der Waals surface area (Å²) in [6.45, 7) is 2.77. The van der Waals surface area contributed by atoms with E-state index in [4.69, 9.17) is 4.74 Å². The van der Waals surface area contributed by atoms with Gasteiger partial charge in [-0.15, -0.1) is 5.10 Å². The van der Waals surface area contributed by atoms with Crippen LogP contribution in [0.15, 0.2) is 33.9 Å². The molecular formula is C12H15BrN4O3S. The van der Waals surface area contributed by atoms with Gasteiger partial charge in [0.2, 0.25) is 5.03 Å². The largest absolute Gasteiger partial charge is 0.377 e. The van der Waals surface area contributed by atoms with Crippen molar-refractivity contribution in [2.75, 3.05) is 11.3 Å². The summed E-state index contributed by atoms with van der Waals surface area (Å²) in [5, 5.41) is 7.32. The highest BCUT2D eigenvalue weighted by Crippen LogP contribution is 2.23. The molecule has 1 aromatic carbocycles. The van der Waals surface area contributed by atoms with E-state index < -0.39 is 10.0 Å². The molecule has 1 heterocycles. The minimum atomic E-state index is -3.79. The summed E-state index contributed by atoms with van der Waals surface area (Å²) >= 11 is 3.09. The van der Waals surface area contributed by atoms with Crippen molar-refractivity contribution in [1.29, 1.82) is 0 Å². The second-order valence-electron chi connectivity index (χ2n) is 4.21. The number of nitrogens with one attached hydrogen (secondary N) is 1. The fourth-order valence-electron chi connectivity index (χ4n) is 1.76. The highest BCUT2D eigenvalue weighted by atomic mass is 79.9. The van der Waals surface area contributed by atoms with Gasteiger partial charge >= 0.3 is 0 Å². The van der Waals surface area contributed by atoms with Crippen LogP contribution >= 0.6 is 15.9 Å². The van der Waals surface area contributed by atoms with Gasteiger partial charge in [0.15, 0.2) is 4.60 Å². The monoisotopic (exact) mass is 374 g/mol. The minimum absolute atomic E-state index is 0.0336. The van der Waals surface area contributed by atoms with Crippen molar-refractivity contribution in [2.24, 2.45) is 7.05 Å². The summed E-state index contributed by atoms with van der Waals surface area (Å²) in [5.74, 6) is 0. The Hall–Kier alpha value is -1.45. The molecule has 7 nitrogen and oxygen atoms in total. The molecule has 0 atom stereocenters. The third-order valence-corrected chi connectivity index (χ3v) is 4.97. The Morgan fingerprint density at radius 3 is 2.71 bits per heavy atom. The molecule has 1 aromatic heterocycles. The van der Waals surface area contributed by atoms with E-state index in [-0.39, 0.29) is 9.63 Å². The van der Waals surface area contributed by atoms with Gasteiger partial charge in [0.1, 0.15) is 0 Å². The van der Waals surface area contributed by atoms with Crippen molar-refractivity contribution < 1.29 is 13.2 Å². The molecule has 0 amide bonds. The van der Waals surface area contributed by atoms with Gasteiger partial charge in [-0.05, 0) is 28.9 Å². The lowest BCUT2D eigenvalue weighted by molar-refractivity contribution is 0.134. The van der Waals surface area contributed by atoms with Crippen LogP contribution in [0.5, 0.6) is 0 Å². The van der Waals surface area contributed by atoms with Gasteiger partial charge in [-0.1, -0.05) is 23.4 Å². The molecule has 21 heavy (non-hydrogen) atoms. The smallest absolute Gasteiger partial charge is 0.281 e. The first-order valence-corrected chi connectivity index (χ1v) is 8.47. The van der Waals surface area contributed by atoms with Gasteiger partial charge in [-0.25, -0.2) is 4.68 Å². The molecule has 0 bridgehead atoms. The maximum Gasteiger partial charge on any atom is 0.281 e. The molecular weight excluding hydrogens is 360 g/mol. The van der Waals surface area contributed by atoms with Crippen LogP contribution in [-0.4, -0.2) is 30.0 Å². The fraction of sp³-hybridized carbons (Fsp3) is 0.333. The van der Waals surface area contributed by atoms with E-state index in [1.807, 2.05) is 19.1 Å². The number of aryl methyl sites for hydroxylation is 1. The number of anilines is 1. The van der Waals surface area contributed by atoms with Crippen LogP contribution in [0.25, 0.3) is 0 Å². The molecule has 2 rings (SSSR count). The highest BCUT2D eigenvalue weighted by Gasteiger charge is 2.24. The van der Waals surface area contributed by atoms with Gasteiger partial charge in [0, 0.05) is 19.2 Å². The lowest BCUT2D eigenvalue weighted by Gasteiger charge is -2.12. The number of nitrogens with zero attached hydrogens (tertiary/aromatic N) is 3. The zero-order chi connectivity index (χ0) is 15.5.